The molecule has 18 heavy (non-hydrogen) atoms. The number of hydrogen-bond donors (Lipinski definition) is 1. The van der Waals surface area contributed by atoms with Gasteiger partial charge in [-0.05, 0) is 37.2 Å². The highest BCUT2D eigenvalue weighted by Crippen LogP contribution is 2.34. The Morgan fingerprint density at radius 2 is 2.11 bits per heavy atom. The molecule has 0 spiro atoms. The first-order valence-corrected chi connectivity index (χ1v) is 6.32. The molecule has 1 fully saturated rings. The van der Waals surface area contributed by atoms with Crippen LogP contribution in [0.25, 0.3) is 22.1 Å². The van der Waals surface area contributed by atoms with Gasteiger partial charge in [0, 0.05) is 11.4 Å². The van der Waals surface area contributed by atoms with Gasteiger partial charge < -0.3 is 9.40 Å². The van der Waals surface area contributed by atoms with Crippen molar-refractivity contribution in [1.29, 1.82) is 0 Å². The SMILES string of the molecule is O=c1c2oc3ccccc3c2[nH]c(=S)n1C1CC1. The molecule has 0 atom stereocenters. The summed E-state index contributed by atoms with van der Waals surface area (Å²) in [5.74, 6) is 0. The van der Waals surface area contributed by atoms with E-state index >= 15 is 0 Å². The number of aromatic nitrogens is 2. The van der Waals surface area contributed by atoms with Gasteiger partial charge in [-0.25, -0.2) is 0 Å². The predicted molar refractivity (Wildman–Crippen MR) is 71.4 cm³/mol. The van der Waals surface area contributed by atoms with Crippen molar-refractivity contribution in [3.63, 3.8) is 0 Å². The molecule has 5 heteroatoms. The molecular formula is C13H10N2O2S. The highest BCUT2D eigenvalue weighted by Gasteiger charge is 2.27. The lowest BCUT2D eigenvalue weighted by molar-refractivity contribution is 0.626. The van der Waals surface area contributed by atoms with Gasteiger partial charge in [0.15, 0.2) is 4.77 Å². The average Bonchev–Trinajstić information content (AvgIpc) is 3.12. The fourth-order valence-corrected chi connectivity index (χ4v) is 2.69. The van der Waals surface area contributed by atoms with E-state index in [1.807, 2.05) is 24.3 Å². The average molecular weight is 258 g/mol. The summed E-state index contributed by atoms with van der Waals surface area (Å²) >= 11 is 5.28. The molecule has 0 saturated heterocycles. The van der Waals surface area contributed by atoms with E-state index in [9.17, 15) is 4.79 Å². The number of fused-ring (bicyclic) bond motifs is 3. The smallest absolute Gasteiger partial charge is 0.298 e. The standard InChI is InChI=1S/C13H10N2O2S/c16-12-11-10(8-3-1-2-4-9(8)17-11)14-13(18)15(12)7-5-6-7/h1-4,7H,5-6H2,(H,14,18). The molecule has 0 unspecified atom stereocenters. The minimum atomic E-state index is -0.118. The second-order valence-electron chi connectivity index (χ2n) is 4.64. The summed E-state index contributed by atoms with van der Waals surface area (Å²) in [5, 5.41) is 0.902. The van der Waals surface area contributed by atoms with Crippen molar-refractivity contribution in [2.45, 2.75) is 18.9 Å². The molecule has 0 amide bonds. The fourth-order valence-electron chi connectivity index (χ4n) is 2.35. The number of furan rings is 1. The molecule has 90 valence electrons. The Hall–Kier alpha value is -1.88. The number of para-hydroxylation sites is 1. The molecule has 3 aromatic rings. The molecule has 1 aliphatic carbocycles. The van der Waals surface area contributed by atoms with Crippen molar-refractivity contribution in [3.05, 3.63) is 39.4 Å². The molecule has 1 saturated carbocycles. The lowest BCUT2D eigenvalue weighted by atomic mass is 10.2. The number of nitrogens with zero attached hydrogens (tertiary/aromatic N) is 1. The molecular weight excluding hydrogens is 248 g/mol. The zero-order chi connectivity index (χ0) is 12.3. The minimum Gasteiger partial charge on any atom is -0.449 e. The van der Waals surface area contributed by atoms with Gasteiger partial charge in [0.1, 0.15) is 11.1 Å². The molecule has 1 aromatic carbocycles. The van der Waals surface area contributed by atoms with Crippen LogP contribution in [0, 0.1) is 4.77 Å². The molecule has 1 aliphatic rings. The molecule has 4 rings (SSSR count). The lowest BCUT2D eigenvalue weighted by Gasteiger charge is -2.02. The van der Waals surface area contributed by atoms with Crippen LogP contribution in [0.4, 0.5) is 0 Å². The van der Waals surface area contributed by atoms with E-state index in [4.69, 9.17) is 16.6 Å². The van der Waals surface area contributed by atoms with Crippen molar-refractivity contribution in [1.82, 2.24) is 9.55 Å². The van der Waals surface area contributed by atoms with Gasteiger partial charge >= 0.3 is 0 Å². The molecule has 4 nitrogen and oxygen atoms in total. The van der Waals surface area contributed by atoms with Crippen LogP contribution in [0.15, 0.2) is 33.5 Å². The van der Waals surface area contributed by atoms with E-state index in [1.54, 1.807) is 4.57 Å². The number of H-pyrrole nitrogens is 1. The van der Waals surface area contributed by atoms with Gasteiger partial charge in [0.2, 0.25) is 5.58 Å². The van der Waals surface area contributed by atoms with Crippen molar-refractivity contribution in [3.8, 4) is 0 Å². The summed E-state index contributed by atoms with van der Waals surface area (Å²) in [4.78, 5) is 15.5. The van der Waals surface area contributed by atoms with Crippen LogP contribution in [0.5, 0.6) is 0 Å². The predicted octanol–water partition coefficient (Wildman–Crippen LogP) is 3.14. The Labute approximate surface area is 107 Å². The Kier molecular flexibility index (Phi) is 1.86. The number of rotatable bonds is 1. The van der Waals surface area contributed by atoms with E-state index in [1.165, 1.54) is 0 Å². The Morgan fingerprint density at radius 3 is 2.89 bits per heavy atom. The summed E-state index contributed by atoms with van der Waals surface area (Å²) in [5.41, 5.74) is 1.67. The van der Waals surface area contributed by atoms with Crippen LogP contribution in [0.2, 0.25) is 0 Å². The summed E-state index contributed by atoms with van der Waals surface area (Å²) in [6.45, 7) is 0. The molecule has 0 radical (unpaired) electrons. The normalized spacial score (nSPS) is 15.6. The van der Waals surface area contributed by atoms with E-state index in [2.05, 4.69) is 4.98 Å². The van der Waals surface area contributed by atoms with Crippen LogP contribution in [-0.2, 0) is 0 Å². The number of aromatic amines is 1. The molecule has 2 aromatic heterocycles. The zero-order valence-corrected chi connectivity index (χ0v) is 10.3. The van der Waals surface area contributed by atoms with Gasteiger partial charge in [-0.3, -0.25) is 9.36 Å². The van der Waals surface area contributed by atoms with E-state index in [0.717, 1.165) is 18.2 Å². The second kappa shape index (κ2) is 3.32. The van der Waals surface area contributed by atoms with Crippen molar-refractivity contribution < 1.29 is 4.42 Å². The van der Waals surface area contributed by atoms with Crippen molar-refractivity contribution in [2.24, 2.45) is 0 Å². The zero-order valence-electron chi connectivity index (χ0n) is 9.47. The molecule has 0 aliphatic heterocycles. The van der Waals surface area contributed by atoms with Crippen LogP contribution >= 0.6 is 12.2 Å². The first-order valence-electron chi connectivity index (χ1n) is 5.92. The lowest BCUT2D eigenvalue weighted by Crippen LogP contribution is -2.20. The monoisotopic (exact) mass is 258 g/mol. The topological polar surface area (TPSA) is 50.9 Å². The first kappa shape index (κ1) is 10.1. The summed E-state index contributed by atoms with van der Waals surface area (Å²) < 4.78 is 7.77. The third kappa shape index (κ3) is 1.25. The Balaban J connectivity index is 2.24. The van der Waals surface area contributed by atoms with Gasteiger partial charge in [0.05, 0.1) is 0 Å². The van der Waals surface area contributed by atoms with E-state index in [0.29, 0.717) is 21.5 Å². The Bertz CT molecular complexity index is 883. The van der Waals surface area contributed by atoms with Crippen molar-refractivity contribution in [2.75, 3.05) is 0 Å². The maximum atomic E-state index is 12.4. The second-order valence-corrected chi connectivity index (χ2v) is 5.03. The maximum Gasteiger partial charge on any atom is 0.298 e. The largest absolute Gasteiger partial charge is 0.449 e. The number of hydrogen-bond acceptors (Lipinski definition) is 3. The molecule has 0 bridgehead atoms. The van der Waals surface area contributed by atoms with Crippen LogP contribution in [0.1, 0.15) is 18.9 Å². The summed E-state index contributed by atoms with van der Waals surface area (Å²) in [7, 11) is 0. The van der Waals surface area contributed by atoms with Gasteiger partial charge in [-0.1, -0.05) is 12.1 Å². The van der Waals surface area contributed by atoms with Gasteiger partial charge in [-0.15, -0.1) is 0 Å². The summed E-state index contributed by atoms with van der Waals surface area (Å²) in [6, 6.07) is 7.83. The van der Waals surface area contributed by atoms with Crippen molar-refractivity contribution >= 4 is 34.3 Å². The van der Waals surface area contributed by atoms with E-state index in [-0.39, 0.29) is 11.6 Å². The third-order valence-corrected chi connectivity index (χ3v) is 3.67. The van der Waals surface area contributed by atoms with Crippen LogP contribution in [-0.4, -0.2) is 9.55 Å². The molecule has 1 N–H and O–H groups in total. The van der Waals surface area contributed by atoms with Crippen LogP contribution < -0.4 is 5.56 Å². The Morgan fingerprint density at radius 1 is 1.33 bits per heavy atom. The quantitative estimate of drug-likeness (QED) is 0.682. The number of benzene rings is 1. The summed E-state index contributed by atoms with van der Waals surface area (Å²) in [6.07, 6.45) is 2.03. The maximum absolute atomic E-state index is 12.4. The fraction of sp³-hybridized carbons (Fsp3) is 0.231. The highest BCUT2D eigenvalue weighted by atomic mass is 32.1. The minimum absolute atomic E-state index is 0.118. The first-order chi connectivity index (χ1) is 8.75. The molecule has 2 heterocycles. The van der Waals surface area contributed by atoms with Gasteiger partial charge in [-0.2, -0.15) is 0 Å². The van der Waals surface area contributed by atoms with Crippen LogP contribution in [0.3, 0.4) is 0 Å². The van der Waals surface area contributed by atoms with Gasteiger partial charge in [0.25, 0.3) is 5.56 Å². The van der Waals surface area contributed by atoms with E-state index < -0.39 is 0 Å². The highest BCUT2D eigenvalue weighted by molar-refractivity contribution is 7.71. The third-order valence-electron chi connectivity index (χ3n) is 3.37. The number of nitrogens with one attached hydrogen (secondary N) is 1.